The second-order valence-electron chi connectivity index (χ2n) is 9.15. The fourth-order valence-corrected chi connectivity index (χ4v) is 4.86. The molecule has 1 aliphatic carbocycles. The van der Waals surface area contributed by atoms with Gasteiger partial charge in [-0.25, -0.2) is 9.59 Å². The van der Waals surface area contributed by atoms with Gasteiger partial charge in [-0.15, -0.1) is 0 Å². The number of hydrogen-bond acceptors (Lipinski definition) is 5. The van der Waals surface area contributed by atoms with Crippen LogP contribution in [0.25, 0.3) is 11.1 Å². The van der Waals surface area contributed by atoms with Crippen molar-refractivity contribution in [3.63, 3.8) is 0 Å². The van der Waals surface area contributed by atoms with Crippen molar-refractivity contribution >= 4 is 29.7 Å². The Kier molecular flexibility index (Phi) is 9.60. The average Bonchev–Trinajstić information content (AvgIpc) is 3.16. The molecular weight excluding hydrogens is 464 g/mol. The summed E-state index contributed by atoms with van der Waals surface area (Å²) < 4.78 is 5.58. The minimum atomic E-state index is -1.04. The van der Waals surface area contributed by atoms with Gasteiger partial charge in [0.15, 0.2) is 0 Å². The lowest BCUT2D eigenvalue weighted by atomic mass is 9.92. The highest BCUT2D eigenvalue weighted by molar-refractivity contribution is 7.98. The monoisotopic (exact) mass is 498 g/mol. The number of alkyl carbamates (subject to hydrolysis) is 1. The van der Waals surface area contributed by atoms with Crippen molar-refractivity contribution in [1.82, 2.24) is 10.6 Å². The number of fused-ring (bicyclic) bond motifs is 3. The SMILES string of the molecule is CSCC[C@H](NC(=O)CC(CNC(=O)OCC1c2ccccc2-c2ccccc21)C(C)C)C(=O)O. The Morgan fingerprint density at radius 3 is 2.17 bits per heavy atom. The molecule has 0 bridgehead atoms. The van der Waals surface area contributed by atoms with Crippen LogP contribution in [0.15, 0.2) is 48.5 Å². The van der Waals surface area contributed by atoms with E-state index in [1.54, 1.807) is 0 Å². The van der Waals surface area contributed by atoms with Gasteiger partial charge in [0.05, 0.1) is 0 Å². The first-order valence-electron chi connectivity index (χ1n) is 11.9. The van der Waals surface area contributed by atoms with E-state index in [4.69, 9.17) is 4.74 Å². The van der Waals surface area contributed by atoms with Gasteiger partial charge in [0, 0.05) is 18.9 Å². The van der Waals surface area contributed by atoms with Gasteiger partial charge in [0.25, 0.3) is 0 Å². The first-order valence-corrected chi connectivity index (χ1v) is 13.3. The summed E-state index contributed by atoms with van der Waals surface area (Å²) in [6.07, 6.45) is 1.86. The molecule has 188 valence electrons. The van der Waals surface area contributed by atoms with E-state index >= 15 is 0 Å². The highest BCUT2D eigenvalue weighted by Gasteiger charge is 2.29. The van der Waals surface area contributed by atoms with E-state index in [1.165, 1.54) is 22.9 Å². The molecule has 0 spiro atoms. The van der Waals surface area contributed by atoms with Crippen molar-refractivity contribution in [3.8, 4) is 11.1 Å². The number of amides is 2. The molecule has 35 heavy (non-hydrogen) atoms. The number of rotatable bonds is 12. The summed E-state index contributed by atoms with van der Waals surface area (Å²) in [6.45, 7) is 4.44. The summed E-state index contributed by atoms with van der Waals surface area (Å²) in [5.74, 6) is -0.769. The first-order chi connectivity index (χ1) is 16.8. The number of ether oxygens (including phenoxy) is 1. The van der Waals surface area contributed by atoms with E-state index in [1.807, 2.05) is 44.4 Å². The number of benzene rings is 2. The summed E-state index contributed by atoms with van der Waals surface area (Å²) in [4.78, 5) is 36.4. The maximum atomic E-state index is 12.5. The largest absolute Gasteiger partial charge is 0.480 e. The molecule has 1 aliphatic rings. The molecule has 0 heterocycles. The zero-order valence-electron chi connectivity index (χ0n) is 20.5. The van der Waals surface area contributed by atoms with Gasteiger partial charge in [-0.2, -0.15) is 11.8 Å². The minimum absolute atomic E-state index is 0.0194. The Labute approximate surface area is 211 Å². The molecule has 2 aromatic carbocycles. The van der Waals surface area contributed by atoms with Crippen molar-refractivity contribution < 1.29 is 24.2 Å². The van der Waals surface area contributed by atoms with Gasteiger partial charge in [0.1, 0.15) is 12.6 Å². The topological polar surface area (TPSA) is 105 Å². The Bertz CT molecular complexity index is 996. The highest BCUT2D eigenvalue weighted by atomic mass is 32.2. The maximum Gasteiger partial charge on any atom is 0.407 e. The Balaban J connectivity index is 1.52. The lowest BCUT2D eigenvalue weighted by molar-refractivity contribution is -0.142. The van der Waals surface area contributed by atoms with Crippen molar-refractivity contribution in [1.29, 1.82) is 0 Å². The Morgan fingerprint density at radius 2 is 1.63 bits per heavy atom. The number of carbonyl (C=O) groups excluding carboxylic acids is 2. The van der Waals surface area contributed by atoms with Crippen LogP contribution in [-0.4, -0.2) is 54.3 Å². The smallest absolute Gasteiger partial charge is 0.407 e. The van der Waals surface area contributed by atoms with Crippen LogP contribution >= 0.6 is 11.8 Å². The van der Waals surface area contributed by atoms with Crippen LogP contribution in [0.4, 0.5) is 4.79 Å². The van der Waals surface area contributed by atoms with E-state index in [9.17, 15) is 19.5 Å². The first kappa shape index (κ1) is 26.6. The predicted octanol–water partition coefficient (Wildman–Crippen LogP) is 4.51. The second-order valence-corrected chi connectivity index (χ2v) is 10.1. The number of carbonyl (C=O) groups is 3. The predicted molar refractivity (Wildman–Crippen MR) is 139 cm³/mol. The Hall–Kier alpha value is -3.00. The van der Waals surface area contributed by atoms with Gasteiger partial charge < -0.3 is 20.5 Å². The normalized spacial score (nSPS) is 14.1. The molecule has 8 heteroatoms. The average molecular weight is 499 g/mol. The van der Waals surface area contributed by atoms with Gasteiger partial charge in [0.2, 0.25) is 5.91 Å². The third-order valence-electron chi connectivity index (χ3n) is 6.49. The summed E-state index contributed by atoms with van der Waals surface area (Å²) in [6, 6.07) is 15.4. The molecular formula is C27H34N2O5S. The van der Waals surface area contributed by atoms with E-state index in [2.05, 4.69) is 34.9 Å². The second kappa shape index (κ2) is 12.6. The quantitative estimate of drug-likeness (QED) is 0.398. The third kappa shape index (κ3) is 7.01. The number of hydrogen-bond donors (Lipinski definition) is 3. The molecule has 2 aromatic rings. The standard InChI is InChI=1S/C27H34N2O5S/c1-17(2)18(14-25(30)29-24(26(31)32)12-13-35-3)15-28-27(33)34-16-23-21-10-6-4-8-19(21)20-9-5-7-11-22(20)23/h4-11,17-18,23-24H,12-16H2,1-3H3,(H,28,33)(H,29,30)(H,31,32)/t18?,24-/m0/s1. The van der Waals surface area contributed by atoms with Crippen molar-refractivity contribution in [2.75, 3.05) is 25.2 Å². The number of nitrogens with one attached hydrogen (secondary N) is 2. The van der Waals surface area contributed by atoms with Crippen molar-refractivity contribution in [2.45, 2.75) is 38.6 Å². The fraction of sp³-hybridized carbons (Fsp3) is 0.444. The van der Waals surface area contributed by atoms with Crippen LogP contribution in [0.1, 0.15) is 43.7 Å². The fourth-order valence-electron chi connectivity index (χ4n) is 4.39. The molecule has 0 radical (unpaired) electrons. The molecule has 1 unspecified atom stereocenters. The van der Waals surface area contributed by atoms with Gasteiger partial charge >= 0.3 is 12.1 Å². The zero-order chi connectivity index (χ0) is 25.4. The molecule has 0 aliphatic heterocycles. The lowest BCUT2D eigenvalue weighted by Crippen LogP contribution is -2.43. The molecule has 3 N–H and O–H groups in total. The summed E-state index contributed by atoms with van der Waals surface area (Å²) in [5, 5.41) is 14.7. The lowest BCUT2D eigenvalue weighted by Gasteiger charge is -2.22. The molecule has 7 nitrogen and oxygen atoms in total. The number of thioether (sulfide) groups is 1. The van der Waals surface area contributed by atoms with E-state index in [0.717, 1.165) is 11.1 Å². The number of carboxylic acids is 1. The molecule has 0 fully saturated rings. The number of carboxylic acid groups (broad SMARTS) is 1. The zero-order valence-corrected chi connectivity index (χ0v) is 21.3. The van der Waals surface area contributed by atoms with E-state index in [0.29, 0.717) is 12.2 Å². The van der Waals surface area contributed by atoms with Crippen LogP contribution in [0.5, 0.6) is 0 Å². The summed E-state index contributed by atoms with van der Waals surface area (Å²) in [7, 11) is 0. The third-order valence-corrected chi connectivity index (χ3v) is 7.13. The molecule has 0 aromatic heterocycles. The maximum absolute atomic E-state index is 12.5. The van der Waals surface area contributed by atoms with Crippen LogP contribution in [0.2, 0.25) is 0 Å². The number of aliphatic carboxylic acids is 1. The molecule has 2 atom stereocenters. The van der Waals surface area contributed by atoms with E-state index < -0.39 is 18.1 Å². The van der Waals surface area contributed by atoms with Crippen molar-refractivity contribution in [3.05, 3.63) is 59.7 Å². The Morgan fingerprint density at radius 1 is 1.03 bits per heavy atom. The van der Waals surface area contributed by atoms with Crippen molar-refractivity contribution in [2.24, 2.45) is 11.8 Å². The highest BCUT2D eigenvalue weighted by Crippen LogP contribution is 2.44. The van der Waals surface area contributed by atoms with Gasteiger partial charge in [-0.1, -0.05) is 62.4 Å². The van der Waals surface area contributed by atoms with Crippen LogP contribution in [0, 0.1) is 11.8 Å². The summed E-state index contributed by atoms with van der Waals surface area (Å²) >= 11 is 1.53. The molecule has 2 amide bonds. The molecule has 3 rings (SSSR count). The van der Waals surface area contributed by atoms with E-state index in [-0.39, 0.29) is 43.2 Å². The molecule has 0 saturated carbocycles. The van der Waals surface area contributed by atoms with Gasteiger partial charge in [-0.05, 0) is 52.5 Å². The molecule has 0 saturated heterocycles. The minimum Gasteiger partial charge on any atom is -0.480 e. The van der Waals surface area contributed by atoms with Crippen LogP contribution in [-0.2, 0) is 14.3 Å². The summed E-state index contributed by atoms with van der Waals surface area (Å²) in [5.41, 5.74) is 4.63. The van der Waals surface area contributed by atoms with Crippen LogP contribution < -0.4 is 10.6 Å². The van der Waals surface area contributed by atoms with Crippen LogP contribution in [0.3, 0.4) is 0 Å². The van der Waals surface area contributed by atoms with Gasteiger partial charge in [-0.3, -0.25) is 4.79 Å².